The molecule has 0 fully saturated rings. The first-order chi connectivity index (χ1) is 8.71. The van der Waals surface area contributed by atoms with Crippen LogP contribution in [0.4, 0.5) is 16.2 Å². The van der Waals surface area contributed by atoms with E-state index in [1.165, 1.54) is 6.20 Å². The highest BCUT2D eigenvalue weighted by Gasteiger charge is 2.05. The van der Waals surface area contributed by atoms with Crippen molar-refractivity contribution in [3.05, 3.63) is 12.0 Å². The van der Waals surface area contributed by atoms with E-state index < -0.39 is 5.82 Å². The van der Waals surface area contributed by atoms with Crippen molar-refractivity contribution in [1.82, 2.24) is 14.9 Å². The van der Waals surface area contributed by atoms with E-state index in [0.717, 1.165) is 26.1 Å². The number of anilines is 2. The maximum Gasteiger partial charge on any atom is 0.224 e. The van der Waals surface area contributed by atoms with E-state index in [1.54, 1.807) is 7.05 Å². The quantitative estimate of drug-likeness (QED) is 0.694. The highest BCUT2D eigenvalue weighted by atomic mass is 19.1. The molecule has 1 rings (SSSR count). The molecule has 0 bridgehead atoms. The topological polar surface area (TPSA) is 53.1 Å². The van der Waals surface area contributed by atoms with Gasteiger partial charge in [-0.25, -0.2) is 9.37 Å². The summed E-state index contributed by atoms with van der Waals surface area (Å²) < 4.78 is 13.4. The number of hydrogen-bond donors (Lipinski definition) is 2. The second-order valence-electron chi connectivity index (χ2n) is 3.95. The number of aromatic nitrogens is 2. The van der Waals surface area contributed by atoms with Crippen LogP contribution in [0.1, 0.15) is 20.3 Å². The third kappa shape index (κ3) is 4.44. The standard InChI is InChI=1S/C12H22FN5/c1-4-18(5-2)8-6-7-15-11-10(13)9-16-12(14-3)17-11/h9H,4-8H2,1-3H3,(H2,14,15,16,17). The highest BCUT2D eigenvalue weighted by molar-refractivity contribution is 5.40. The maximum atomic E-state index is 13.4. The van der Waals surface area contributed by atoms with Crippen molar-refractivity contribution in [3.63, 3.8) is 0 Å². The van der Waals surface area contributed by atoms with Gasteiger partial charge in [0.25, 0.3) is 0 Å². The van der Waals surface area contributed by atoms with Gasteiger partial charge in [0.2, 0.25) is 5.95 Å². The molecule has 0 saturated heterocycles. The van der Waals surface area contributed by atoms with Gasteiger partial charge in [0.05, 0.1) is 6.20 Å². The van der Waals surface area contributed by atoms with Gasteiger partial charge < -0.3 is 15.5 Å². The van der Waals surface area contributed by atoms with Crippen LogP contribution < -0.4 is 10.6 Å². The molecular weight excluding hydrogens is 233 g/mol. The molecule has 0 saturated carbocycles. The van der Waals surface area contributed by atoms with Crippen molar-refractivity contribution in [2.24, 2.45) is 0 Å². The summed E-state index contributed by atoms with van der Waals surface area (Å²) in [6.45, 7) is 8.07. The minimum atomic E-state index is -0.420. The molecule has 18 heavy (non-hydrogen) atoms. The van der Waals surface area contributed by atoms with Gasteiger partial charge in [-0.2, -0.15) is 4.98 Å². The first kappa shape index (κ1) is 14.6. The first-order valence-corrected chi connectivity index (χ1v) is 6.37. The van der Waals surface area contributed by atoms with Gasteiger partial charge in [-0.05, 0) is 26.1 Å². The first-order valence-electron chi connectivity index (χ1n) is 6.37. The molecule has 2 N–H and O–H groups in total. The molecule has 0 aromatic carbocycles. The van der Waals surface area contributed by atoms with E-state index in [-0.39, 0.29) is 5.82 Å². The Morgan fingerprint density at radius 3 is 2.67 bits per heavy atom. The van der Waals surface area contributed by atoms with E-state index in [0.29, 0.717) is 12.5 Å². The molecule has 0 spiro atoms. The summed E-state index contributed by atoms with van der Waals surface area (Å²) in [5.41, 5.74) is 0. The van der Waals surface area contributed by atoms with Crippen LogP contribution >= 0.6 is 0 Å². The second kappa shape index (κ2) is 7.81. The lowest BCUT2D eigenvalue weighted by atomic mass is 10.3. The number of nitrogens with zero attached hydrogens (tertiary/aromatic N) is 3. The van der Waals surface area contributed by atoms with Crippen molar-refractivity contribution < 1.29 is 4.39 Å². The summed E-state index contributed by atoms with van der Waals surface area (Å²) in [5.74, 6) is 0.258. The van der Waals surface area contributed by atoms with Crippen LogP contribution in [0.15, 0.2) is 6.20 Å². The number of halogens is 1. The normalized spacial score (nSPS) is 10.7. The third-order valence-electron chi connectivity index (χ3n) is 2.81. The van der Waals surface area contributed by atoms with Gasteiger partial charge in [0.15, 0.2) is 11.6 Å². The third-order valence-corrected chi connectivity index (χ3v) is 2.81. The van der Waals surface area contributed by atoms with Crippen molar-refractivity contribution >= 4 is 11.8 Å². The minimum Gasteiger partial charge on any atom is -0.367 e. The van der Waals surface area contributed by atoms with Gasteiger partial charge in [-0.15, -0.1) is 0 Å². The van der Waals surface area contributed by atoms with Crippen LogP contribution in [0.2, 0.25) is 0 Å². The monoisotopic (exact) mass is 255 g/mol. The van der Waals surface area contributed by atoms with E-state index in [2.05, 4.69) is 39.3 Å². The van der Waals surface area contributed by atoms with E-state index in [9.17, 15) is 4.39 Å². The molecule has 0 atom stereocenters. The Bertz CT molecular complexity index is 354. The Labute approximate surface area is 108 Å². The van der Waals surface area contributed by atoms with E-state index in [4.69, 9.17) is 0 Å². The average Bonchev–Trinajstić information content (AvgIpc) is 2.41. The molecule has 0 aliphatic heterocycles. The fourth-order valence-corrected chi connectivity index (χ4v) is 1.66. The molecule has 6 heteroatoms. The summed E-state index contributed by atoms with van der Waals surface area (Å²) in [6, 6.07) is 0. The summed E-state index contributed by atoms with van der Waals surface area (Å²) in [7, 11) is 1.71. The zero-order valence-corrected chi connectivity index (χ0v) is 11.3. The number of hydrogen-bond acceptors (Lipinski definition) is 5. The van der Waals surface area contributed by atoms with Crippen LogP contribution in [0.5, 0.6) is 0 Å². The van der Waals surface area contributed by atoms with E-state index in [1.807, 2.05) is 0 Å². The lowest BCUT2D eigenvalue weighted by molar-refractivity contribution is 0.303. The second-order valence-corrected chi connectivity index (χ2v) is 3.95. The Balaban J connectivity index is 2.39. The molecule has 0 aliphatic rings. The zero-order valence-electron chi connectivity index (χ0n) is 11.3. The van der Waals surface area contributed by atoms with Crippen molar-refractivity contribution in [2.45, 2.75) is 20.3 Å². The molecule has 1 aromatic rings. The lowest BCUT2D eigenvalue weighted by Crippen LogP contribution is -2.25. The van der Waals surface area contributed by atoms with Crippen molar-refractivity contribution in [2.75, 3.05) is 43.9 Å². The van der Waals surface area contributed by atoms with Crippen LogP contribution in [0, 0.1) is 5.82 Å². The maximum absolute atomic E-state index is 13.4. The van der Waals surface area contributed by atoms with Crippen LogP contribution in [-0.4, -0.2) is 48.1 Å². The average molecular weight is 255 g/mol. The molecule has 1 aromatic heterocycles. The smallest absolute Gasteiger partial charge is 0.224 e. The number of nitrogens with one attached hydrogen (secondary N) is 2. The fraction of sp³-hybridized carbons (Fsp3) is 0.667. The summed E-state index contributed by atoms with van der Waals surface area (Å²) in [4.78, 5) is 10.2. The largest absolute Gasteiger partial charge is 0.367 e. The summed E-state index contributed by atoms with van der Waals surface area (Å²) in [6.07, 6.45) is 2.13. The van der Waals surface area contributed by atoms with Crippen molar-refractivity contribution in [1.29, 1.82) is 0 Å². The molecular formula is C12H22FN5. The molecule has 102 valence electrons. The number of rotatable bonds is 8. The lowest BCUT2D eigenvalue weighted by Gasteiger charge is -2.17. The Morgan fingerprint density at radius 2 is 2.06 bits per heavy atom. The molecule has 1 heterocycles. The van der Waals surface area contributed by atoms with Crippen LogP contribution in [-0.2, 0) is 0 Å². The Hall–Kier alpha value is -1.43. The van der Waals surface area contributed by atoms with E-state index >= 15 is 0 Å². The van der Waals surface area contributed by atoms with Gasteiger partial charge in [-0.3, -0.25) is 0 Å². The minimum absolute atomic E-state index is 0.258. The van der Waals surface area contributed by atoms with Crippen molar-refractivity contribution in [3.8, 4) is 0 Å². The molecule has 0 radical (unpaired) electrons. The Morgan fingerprint density at radius 1 is 1.33 bits per heavy atom. The van der Waals surface area contributed by atoms with Gasteiger partial charge in [-0.1, -0.05) is 13.8 Å². The van der Waals surface area contributed by atoms with Crippen LogP contribution in [0.25, 0.3) is 0 Å². The van der Waals surface area contributed by atoms with Gasteiger partial charge in [0.1, 0.15) is 0 Å². The molecule has 0 aliphatic carbocycles. The SMILES string of the molecule is CCN(CC)CCCNc1nc(NC)ncc1F. The van der Waals surface area contributed by atoms with Crippen LogP contribution in [0.3, 0.4) is 0 Å². The highest BCUT2D eigenvalue weighted by Crippen LogP contribution is 2.11. The predicted octanol–water partition coefficient (Wildman–Crippen LogP) is 1.80. The Kier molecular flexibility index (Phi) is 6.35. The van der Waals surface area contributed by atoms with Gasteiger partial charge in [0, 0.05) is 13.6 Å². The zero-order chi connectivity index (χ0) is 13.4. The molecule has 0 amide bonds. The summed E-state index contributed by atoms with van der Waals surface area (Å²) in [5, 5.41) is 5.78. The summed E-state index contributed by atoms with van der Waals surface area (Å²) >= 11 is 0. The molecule has 0 unspecified atom stereocenters. The fourth-order valence-electron chi connectivity index (χ4n) is 1.66. The predicted molar refractivity (Wildman–Crippen MR) is 72.4 cm³/mol. The van der Waals surface area contributed by atoms with Gasteiger partial charge >= 0.3 is 0 Å². The molecule has 5 nitrogen and oxygen atoms in total.